The van der Waals surface area contributed by atoms with Crippen molar-refractivity contribution in [1.82, 2.24) is 0 Å². The summed E-state index contributed by atoms with van der Waals surface area (Å²) in [6.07, 6.45) is 7.02. The fourth-order valence-electron chi connectivity index (χ4n) is 4.77. The van der Waals surface area contributed by atoms with Crippen LogP contribution in [-0.2, 0) is 0 Å². The summed E-state index contributed by atoms with van der Waals surface area (Å²) in [5, 5.41) is 0. The molecule has 0 amide bonds. The third-order valence-electron chi connectivity index (χ3n) is 6.67. The molecule has 1 aliphatic carbocycles. The molecule has 5 heteroatoms. The van der Waals surface area contributed by atoms with Crippen molar-refractivity contribution in [2.45, 2.75) is 45.4 Å². The average molecular weight is 481 g/mol. The van der Waals surface area contributed by atoms with Gasteiger partial charge in [0.1, 0.15) is 5.75 Å². The van der Waals surface area contributed by atoms with E-state index in [1.54, 1.807) is 24.3 Å². The lowest BCUT2D eigenvalue weighted by molar-refractivity contribution is 0.193. The molecule has 0 saturated heterocycles. The van der Waals surface area contributed by atoms with E-state index in [-0.39, 0.29) is 23.1 Å². The van der Waals surface area contributed by atoms with Crippen molar-refractivity contribution in [3.63, 3.8) is 0 Å². The maximum absolute atomic E-state index is 15.1. The van der Waals surface area contributed by atoms with Gasteiger partial charge in [-0.2, -0.15) is 0 Å². The highest BCUT2D eigenvalue weighted by Gasteiger charge is 2.27. The van der Waals surface area contributed by atoms with E-state index in [0.29, 0.717) is 30.1 Å². The summed E-state index contributed by atoms with van der Waals surface area (Å²) >= 11 is 0. The van der Waals surface area contributed by atoms with Crippen molar-refractivity contribution in [2.75, 3.05) is 13.2 Å². The van der Waals surface area contributed by atoms with Crippen LogP contribution in [0.4, 0.5) is 13.2 Å². The van der Waals surface area contributed by atoms with Crippen molar-refractivity contribution in [3.8, 4) is 22.6 Å². The van der Waals surface area contributed by atoms with Gasteiger partial charge < -0.3 is 9.47 Å². The zero-order chi connectivity index (χ0) is 24.8. The fraction of sp³-hybridized carbons (Fsp3) is 0.333. The summed E-state index contributed by atoms with van der Waals surface area (Å²) in [5.74, 6) is -1.09. The second-order valence-electron chi connectivity index (χ2n) is 9.01. The van der Waals surface area contributed by atoms with Gasteiger partial charge in [-0.3, -0.25) is 0 Å². The van der Waals surface area contributed by atoms with Gasteiger partial charge in [-0.25, -0.2) is 13.2 Å². The lowest BCUT2D eigenvalue weighted by atomic mass is 9.78. The van der Waals surface area contributed by atoms with Crippen LogP contribution in [0, 0.1) is 23.4 Å². The Morgan fingerprint density at radius 2 is 1.60 bits per heavy atom. The molecule has 3 aromatic rings. The molecule has 1 aliphatic rings. The van der Waals surface area contributed by atoms with Gasteiger partial charge in [-0.05, 0) is 80.2 Å². The number of rotatable bonds is 8. The van der Waals surface area contributed by atoms with Crippen molar-refractivity contribution in [3.05, 3.63) is 89.3 Å². The number of hydrogen-bond donors (Lipinski definition) is 0. The average Bonchev–Trinajstić information content (AvgIpc) is 2.87. The van der Waals surface area contributed by atoms with Crippen LogP contribution in [0.25, 0.3) is 17.2 Å². The van der Waals surface area contributed by atoms with Gasteiger partial charge in [0.2, 0.25) is 0 Å². The second kappa shape index (κ2) is 11.5. The van der Waals surface area contributed by atoms with Gasteiger partial charge in [0.15, 0.2) is 23.2 Å². The standard InChI is InChI=1S/C30H31F3O2/c1-3-5-20-6-10-22(11-7-20)25-15-16-26(30(33)29(25)32)23-12-8-21(9-13-23)19-35-28-17-14-24(34-4-2)18-27(28)31/h3,5-7,10-11,14-18,21,23H,4,8-9,12-13,19H2,1-2H3. The third-order valence-corrected chi connectivity index (χ3v) is 6.67. The molecule has 0 heterocycles. The molecule has 0 spiro atoms. The zero-order valence-electron chi connectivity index (χ0n) is 20.2. The Hall–Kier alpha value is -3.21. The van der Waals surface area contributed by atoms with Crippen LogP contribution in [0.3, 0.4) is 0 Å². The molecule has 0 aliphatic heterocycles. The Morgan fingerprint density at radius 1 is 0.857 bits per heavy atom. The van der Waals surface area contributed by atoms with Crippen LogP contribution in [0.1, 0.15) is 56.6 Å². The predicted octanol–water partition coefficient (Wildman–Crippen LogP) is 8.56. The van der Waals surface area contributed by atoms with E-state index in [2.05, 4.69) is 0 Å². The van der Waals surface area contributed by atoms with Gasteiger partial charge in [-0.15, -0.1) is 0 Å². The van der Waals surface area contributed by atoms with E-state index >= 15 is 4.39 Å². The molecule has 3 aromatic carbocycles. The van der Waals surface area contributed by atoms with E-state index in [4.69, 9.17) is 9.47 Å². The number of hydrogen-bond acceptors (Lipinski definition) is 2. The first-order valence-corrected chi connectivity index (χ1v) is 12.3. The smallest absolute Gasteiger partial charge is 0.168 e. The summed E-state index contributed by atoms with van der Waals surface area (Å²) in [4.78, 5) is 0. The Balaban J connectivity index is 1.36. The molecule has 2 nitrogen and oxygen atoms in total. The molecular weight excluding hydrogens is 449 g/mol. The number of benzene rings is 3. The van der Waals surface area contributed by atoms with E-state index < -0.39 is 17.5 Å². The van der Waals surface area contributed by atoms with E-state index in [1.807, 2.05) is 50.3 Å². The van der Waals surface area contributed by atoms with Crippen molar-refractivity contribution < 1.29 is 22.6 Å². The summed E-state index contributed by atoms with van der Waals surface area (Å²) < 4.78 is 55.3. The largest absolute Gasteiger partial charge is 0.494 e. The van der Waals surface area contributed by atoms with Gasteiger partial charge in [0, 0.05) is 11.6 Å². The molecule has 0 N–H and O–H groups in total. The molecule has 1 fully saturated rings. The van der Waals surface area contributed by atoms with Gasteiger partial charge >= 0.3 is 0 Å². The summed E-state index contributed by atoms with van der Waals surface area (Å²) in [6.45, 7) is 4.65. The van der Waals surface area contributed by atoms with Crippen molar-refractivity contribution in [2.24, 2.45) is 5.92 Å². The molecule has 0 radical (unpaired) electrons. The van der Waals surface area contributed by atoms with Crippen LogP contribution in [0.2, 0.25) is 0 Å². The van der Waals surface area contributed by atoms with E-state index in [9.17, 15) is 8.78 Å². The van der Waals surface area contributed by atoms with Crippen LogP contribution in [0.15, 0.2) is 60.7 Å². The first-order valence-electron chi connectivity index (χ1n) is 12.3. The Bertz CT molecular complexity index is 1160. The van der Waals surface area contributed by atoms with Gasteiger partial charge in [-0.1, -0.05) is 48.6 Å². The predicted molar refractivity (Wildman–Crippen MR) is 134 cm³/mol. The minimum Gasteiger partial charge on any atom is -0.494 e. The normalized spacial score (nSPS) is 18.1. The Labute approximate surface area is 205 Å². The van der Waals surface area contributed by atoms with Crippen LogP contribution >= 0.6 is 0 Å². The fourth-order valence-corrected chi connectivity index (χ4v) is 4.77. The van der Waals surface area contributed by atoms with Crippen LogP contribution in [0.5, 0.6) is 11.5 Å². The highest BCUT2D eigenvalue weighted by Crippen LogP contribution is 2.39. The van der Waals surface area contributed by atoms with Crippen molar-refractivity contribution >= 4 is 6.08 Å². The minimum absolute atomic E-state index is 0.0333. The maximum atomic E-state index is 15.1. The molecule has 1 saturated carbocycles. The minimum atomic E-state index is -0.794. The van der Waals surface area contributed by atoms with E-state index in [0.717, 1.165) is 31.2 Å². The zero-order valence-corrected chi connectivity index (χ0v) is 20.2. The summed E-state index contributed by atoms with van der Waals surface area (Å²) in [5.41, 5.74) is 2.38. The molecule has 35 heavy (non-hydrogen) atoms. The quantitative estimate of drug-likeness (QED) is 0.322. The lowest BCUT2D eigenvalue weighted by Gasteiger charge is -2.29. The second-order valence-corrected chi connectivity index (χ2v) is 9.01. The molecule has 184 valence electrons. The summed E-state index contributed by atoms with van der Waals surface area (Å²) in [7, 11) is 0. The first kappa shape index (κ1) is 24.9. The Morgan fingerprint density at radius 3 is 2.26 bits per heavy atom. The SMILES string of the molecule is CC=Cc1ccc(-c2ccc(C3CCC(COc4ccc(OCC)cc4F)CC3)c(F)c2F)cc1. The van der Waals surface area contributed by atoms with Crippen LogP contribution < -0.4 is 9.47 Å². The highest BCUT2D eigenvalue weighted by atomic mass is 19.2. The molecule has 0 unspecified atom stereocenters. The van der Waals surface area contributed by atoms with E-state index in [1.165, 1.54) is 6.07 Å². The number of allylic oxidation sites excluding steroid dienone is 1. The molecule has 0 aromatic heterocycles. The third kappa shape index (κ3) is 5.90. The van der Waals surface area contributed by atoms with Gasteiger partial charge in [0.25, 0.3) is 0 Å². The Kier molecular flexibility index (Phi) is 8.17. The number of ether oxygens (including phenoxy) is 2. The molecule has 4 rings (SSSR count). The van der Waals surface area contributed by atoms with Gasteiger partial charge in [0.05, 0.1) is 13.2 Å². The monoisotopic (exact) mass is 480 g/mol. The van der Waals surface area contributed by atoms with Crippen LogP contribution in [-0.4, -0.2) is 13.2 Å². The first-order chi connectivity index (χ1) is 17.0. The highest BCUT2D eigenvalue weighted by molar-refractivity contribution is 5.67. The topological polar surface area (TPSA) is 18.5 Å². The maximum Gasteiger partial charge on any atom is 0.168 e. The summed E-state index contributed by atoms with van der Waals surface area (Å²) in [6, 6.07) is 15.4. The molecule has 0 atom stereocenters. The number of halogens is 3. The molecular formula is C30H31F3O2. The lowest BCUT2D eigenvalue weighted by Crippen LogP contribution is -2.20. The van der Waals surface area contributed by atoms with Crippen molar-refractivity contribution in [1.29, 1.82) is 0 Å². The molecule has 0 bridgehead atoms.